The molecule has 0 aliphatic rings. The smallest absolute Gasteiger partial charge is 0.239 e. The first kappa shape index (κ1) is 20.9. The van der Waals surface area contributed by atoms with E-state index in [0.717, 1.165) is 32.2 Å². The van der Waals surface area contributed by atoms with Crippen LogP contribution in [-0.4, -0.2) is 42.2 Å². The summed E-state index contributed by atoms with van der Waals surface area (Å²) in [7, 11) is 0. The molecule has 0 fully saturated rings. The summed E-state index contributed by atoms with van der Waals surface area (Å²) in [6, 6.07) is 7.91. The number of rotatable bonds is 10. The van der Waals surface area contributed by atoms with Crippen LogP contribution in [0.15, 0.2) is 30.6 Å². The molecule has 0 aliphatic carbocycles. The summed E-state index contributed by atoms with van der Waals surface area (Å²) in [6.07, 6.45) is 2.22. The molecular formula is C21H26N4O3S. The number of nitrogens with one attached hydrogen (secondary N) is 2. The van der Waals surface area contributed by atoms with Crippen molar-refractivity contribution in [1.82, 2.24) is 15.3 Å². The topological polar surface area (TPSA) is 85.4 Å². The first-order valence-corrected chi connectivity index (χ1v) is 10.5. The number of thiophene rings is 1. The van der Waals surface area contributed by atoms with Crippen molar-refractivity contribution < 1.29 is 14.3 Å². The second kappa shape index (κ2) is 10.1. The van der Waals surface area contributed by atoms with E-state index in [9.17, 15) is 4.79 Å². The minimum absolute atomic E-state index is 0.0836. The third-order valence-electron chi connectivity index (χ3n) is 4.21. The van der Waals surface area contributed by atoms with E-state index in [2.05, 4.69) is 20.6 Å². The van der Waals surface area contributed by atoms with Crippen LogP contribution in [0.4, 0.5) is 5.82 Å². The maximum atomic E-state index is 12.2. The van der Waals surface area contributed by atoms with Gasteiger partial charge in [0.05, 0.1) is 25.1 Å². The molecule has 0 unspecified atom stereocenters. The molecule has 8 heteroatoms. The van der Waals surface area contributed by atoms with Crippen LogP contribution in [0.25, 0.3) is 10.2 Å². The monoisotopic (exact) mass is 414 g/mol. The van der Waals surface area contributed by atoms with E-state index < -0.39 is 0 Å². The van der Waals surface area contributed by atoms with Gasteiger partial charge >= 0.3 is 0 Å². The van der Waals surface area contributed by atoms with E-state index in [0.29, 0.717) is 32.0 Å². The highest BCUT2D eigenvalue weighted by molar-refractivity contribution is 7.18. The molecule has 154 valence electrons. The molecule has 2 aromatic heterocycles. The number of nitrogens with zero attached hydrogens (tertiary/aromatic N) is 2. The Labute approximate surface area is 174 Å². The molecule has 2 heterocycles. The normalized spacial score (nSPS) is 10.7. The number of aryl methyl sites for hydroxylation is 1. The summed E-state index contributed by atoms with van der Waals surface area (Å²) in [6.45, 7) is 7.78. The number of aromatic nitrogens is 2. The van der Waals surface area contributed by atoms with Crippen LogP contribution >= 0.6 is 11.3 Å². The van der Waals surface area contributed by atoms with Crippen LogP contribution in [0.5, 0.6) is 11.5 Å². The van der Waals surface area contributed by atoms with Gasteiger partial charge in [-0.25, -0.2) is 9.97 Å². The van der Waals surface area contributed by atoms with Crippen molar-refractivity contribution in [3.63, 3.8) is 0 Å². The van der Waals surface area contributed by atoms with Crippen molar-refractivity contribution in [2.24, 2.45) is 0 Å². The lowest BCUT2D eigenvalue weighted by molar-refractivity contribution is -0.119. The van der Waals surface area contributed by atoms with E-state index >= 15 is 0 Å². The van der Waals surface area contributed by atoms with Crippen molar-refractivity contribution in [1.29, 1.82) is 0 Å². The summed E-state index contributed by atoms with van der Waals surface area (Å²) in [4.78, 5) is 22.8. The second-order valence-corrected chi connectivity index (χ2v) is 7.63. The number of hydrogen-bond donors (Lipinski definition) is 2. The van der Waals surface area contributed by atoms with E-state index in [1.807, 2.05) is 45.0 Å². The number of carbonyl (C=O) groups excluding carboxylic acids is 1. The molecule has 0 radical (unpaired) electrons. The number of benzene rings is 1. The lowest BCUT2D eigenvalue weighted by Gasteiger charge is -2.13. The Bertz CT molecular complexity index is 974. The fourth-order valence-electron chi connectivity index (χ4n) is 2.94. The Morgan fingerprint density at radius 2 is 1.90 bits per heavy atom. The van der Waals surface area contributed by atoms with Gasteiger partial charge in [0.15, 0.2) is 11.5 Å². The number of amides is 1. The molecule has 29 heavy (non-hydrogen) atoms. The fourth-order valence-corrected chi connectivity index (χ4v) is 3.79. The zero-order chi connectivity index (χ0) is 20.6. The molecule has 0 spiro atoms. The van der Waals surface area contributed by atoms with E-state index in [1.54, 1.807) is 11.3 Å². The summed E-state index contributed by atoms with van der Waals surface area (Å²) in [5, 5.41) is 6.98. The van der Waals surface area contributed by atoms with Crippen molar-refractivity contribution >= 4 is 33.3 Å². The van der Waals surface area contributed by atoms with Gasteiger partial charge in [0.2, 0.25) is 5.91 Å². The van der Waals surface area contributed by atoms with Gasteiger partial charge in [0.25, 0.3) is 0 Å². The van der Waals surface area contributed by atoms with Crippen LogP contribution in [0, 0.1) is 6.92 Å². The summed E-state index contributed by atoms with van der Waals surface area (Å²) < 4.78 is 11.2. The molecule has 7 nitrogen and oxygen atoms in total. The Morgan fingerprint density at radius 1 is 1.10 bits per heavy atom. The Kier molecular flexibility index (Phi) is 7.24. The number of anilines is 1. The van der Waals surface area contributed by atoms with Crippen LogP contribution in [-0.2, 0) is 11.2 Å². The molecule has 0 saturated heterocycles. The highest BCUT2D eigenvalue weighted by atomic mass is 32.1. The number of carbonyl (C=O) groups is 1. The van der Waals surface area contributed by atoms with Gasteiger partial charge in [-0.3, -0.25) is 4.79 Å². The Morgan fingerprint density at radius 3 is 2.69 bits per heavy atom. The first-order valence-electron chi connectivity index (χ1n) is 9.71. The molecular weight excluding hydrogens is 388 g/mol. The molecule has 0 bridgehead atoms. The summed E-state index contributed by atoms with van der Waals surface area (Å²) in [5.41, 5.74) is 1.08. The number of fused-ring (bicyclic) bond motifs is 1. The SMILES string of the molecule is CCOc1ccc(CCNC(=O)CNc2ncnc3sc(C)cc23)cc1OCC. The van der Waals surface area contributed by atoms with E-state index in [4.69, 9.17) is 9.47 Å². The summed E-state index contributed by atoms with van der Waals surface area (Å²) >= 11 is 1.61. The predicted molar refractivity (Wildman–Crippen MR) is 116 cm³/mol. The third-order valence-corrected chi connectivity index (χ3v) is 5.17. The average molecular weight is 415 g/mol. The van der Waals surface area contributed by atoms with Gasteiger partial charge in [-0.2, -0.15) is 0 Å². The predicted octanol–water partition coefficient (Wildman–Crippen LogP) is 3.57. The van der Waals surface area contributed by atoms with Gasteiger partial charge < -0.3 is 20.1 Å². The molecule has 2 N–H and O–H groups in total. The highest BCUT2D eigenvalue weighted by Crippen LogP contribution is 2.29. The fraction of sp³-hybridized carbons (Fsp3) is 0.381. The van der Waals surface area contributed by atoms with Gasteiger partial charge in [-0.1, -0.05) is 6.07 Å². The molecule has 3 aromatic rings. The zero-order valence-electron chi connectivity index (χ0n) is 16.9. The molecule has 1 amide bonds. The van der Waals surface area contributed by atoms with Crippen molar-refractivity contribution in [2.45, 2.75) is 27.2 Å². The third kappa shape index (κ3) is 5.57. The number of hydrogen-bond acceptors (Lipinski definition) is 7. The van der Waals surface area contributed by atoms with Gasteiger partial charge in [0, 0.05) is 11.4 Å². The summed E-state index contributed by atoms with van der Waals surface area (Å²) in [5.74, 6) is 2.08. The molecule has 1 aromatic carbocycles. The molecule has 3 rings (SSSR count). The van der Waals surface area contributed by atoms with Crippen molar-refractivity contribution in [3.05, 3.63) is 41.0 Å². The average Bonchev–Trinajstić information content (AvgIpc) is 3.09. The van der Waals surface area contributed by atoms with Crippen molar-refractivity contribution in [2.75, 3.05) is 31.6 Å². The maximum Gasteiger partial charge on any atom is 0.239 e. The lowest BCUT2D eigenvalue weighted by Crippen LogP contribution is -2.31. The van der Waals surface area contributed by atoms with Crippen LogP contribution in [0.1, 0.15) is 24.3 Å². The van der Waals surface area contributed by atoms with Crippen LogP contribution < -0.4 is 20.1 Å². The molecule has 0 saturated carbocycles. The molecule has 0 atom stereocenters. The largest absolute Gasteiger partial charge is 0.490 e. The van der Waals surface area contributed by atoms with Crippen molar-refractivity contribution in [3.8, 4) is 11.5 Å². The second-order valence-electron chi connectivity index (χ2n) is 6.40. The van der Waals surface area contributed by atoms with Crippen LogP contribution in [0.2, 0.25) is 0 Å². The zero-order valence-corrected chi connectivity index (χ0v) is 17.8. The van der Waals surface area contributed by atoms with Gasteiger partial charge in [0.1, 0.15) is 17.0 Å². The van der Waals surface area contributed by atoms with Gasteiger partial charge in [-0.15, -0.1) is 11.3 Å². The Hall–Kier alpha value is -2.87. The number of ether oxygens (including phenoxy) is 2. The minimum Gasteiger partial charge on any atom is -0.490 e. The van der Waals surface area contributed by atoms with Gasteiger partial charge in [-0.05, 0) is 51.0 Å². The van der Waals surface area contributed by atoms with E-state index in [1.165, 1.54) is 6.33 Å². The standard InChI is InChI=1S/C21H26N4O3S/c1-4-27-17-7-6-15(11-18(17)28-5-2)8-9-22-19(26)12-23-20-16-10-14(3)29-21(16)25-13-24-20/h6-7,10-11,13H,4-5,8-9,12H2,1-3H3,(H,22,26)(H,23,24,25). The molecule has 0 aliphatic heterocycles. The maximum absolute atomic E-state index is 12.2. The highest BCUT2D eigenvalue weighted by Gasteiger charge is 2.09. The first-order chi connectivity index (χ1) is 14.1. The van der Waals surface area contributed by atoms with Crippen LogP contribution in [0.3, 0.4) is 0 Å². The minimum atomic E-state index is -0.0836. The lowest BCUT2D eigenvalue weighted by atomic mass is 10.1. The van der Waals surface area contributed by atoms with E-state index in [-0.39, 0.29) is 12.5 Å². The quantitative estimate of drug-likeness (QED) is 0.528. The Balaban J connectivity index is 1.50.